The maximum atomic E-state index is 8.77. The van der Waals surface area contributed by atoms with E-state index in [1.165, 1.54) is 5.56 Å². The zero-order valence-corrected chi connectivity index (χ0v) is 11.7. The minimum Gasteiger partial charge on any atom is -0.396 e. The SMILES string of the molecule is CC(CCO)CNCc1ccc(Br)c(Cl)c1. The Morgan fingerprint density at radius 3 is 2.88 bits per heavy atom. The summed E-state index contributed by atoms with van der Waals surface area (Å²) in [5.41, 5.74) is 1.17. The van der Waals surface area contributed by atoms with Gasteiger partial charge in [-0.1, -0.05) is 24.6 Å². The highest BCUT2D eigenvalue weighted by Gasteiger charge is 2.02. The highest BCUT2D eigenvalue weighted by atomic mass is 79.9. The van der Waals surface area contributed by atoms with Gasteiger partial charge in [0.15, 0.2) is 0 Å². The van der Waals surface area contributed by atoms with Gasteiger partial charge in [0.05, 0.1) is 5.02 Å². The van der Waals surface area contributed by atoms with Crippen LogP contribution in [0.2, 0.25) is 5.02 Å². The summed E-state index contributed by atoms with van der Waals surface area (Å²) in [4.78, 5) is 0. The molecule has 0 aromatic heterocycles. The van der Waals surface area contributed by atoms with Crippen LogP contribution in [-0.4, -0.2) is 18.3 Å². The van der Waals surface area contributed by atoms with Crippen molar-refractivity contribution in [1.29, 1.82) is 0 Å². The molecule has 0 aliphatic heterocycles. The van der Waals surface area contributed by atoms with E-state index in [9.17, 15) is 0 Å². The lowest BCUT2D eigenvalue weighted by Crippen LogP contribution is -2.21. The van der Waals surface area contributed by atoms with Gasteiger partial charge in [0.25, 0.3) is 0 Å². The van der Waals surface area contributed by atoms with Crippen LogP contribution in [0.1, 0.15) is 18.9 Å². The molecule has 16 heavy (non-hydrogen) atoms. The molecule has 0 saturated carbocycles. The van der Waals surface area contributed by atoms with E-state index in [0.29, 0.717) is 5.92 Å². The van der Waals surface area contributed by atoms with Crippen LogP contribution in [0.15, 0.2) is 22.7 Å². The minimum atomic E-state index is 0.257. The third-order valence-corrected chi connectivity index (χ3v) is 3.66. The van der Waals surface area contributed by atoms with Crippen molar-refractivity contribution in [2.45, 2.75) is 19.9 Å². The quantitative estimate of drug-likeness (QED) is 0.846. The fourth-order valence-electron chi connectivity index (χ4n) is 1.43. The van der Waals surface area contributed by atoms with Crippen molar-refractivity contribution >= 4 is 27.5 Å². The number of hydrogen-bond donors (Lipinski definition) is 2. The van der Waals surface area contributed by atoms with Crippen molar-refractivity contribution < 1.29 is 5.11 Å². The first-order chi connectivity index (χ1) is 7.63. The summed E-state index contributed by atoms with van der Waals surface area (Å²) in [7, 11) is 0. The van der Waals surface area contributed by atoms with E-state index < -0.39 is 0 Å². The number of nitrogens with one attached hydrogen (secondary N) is 1. The van der Waals surface area contributed by atoms with Crippen LogP contribution in [0.3, 0.4) is 0 Å². The first-order valence-electron chi connectivity index (χ1n) is 5.39. The summed E-state index contributed by atoms with van der Waals surface area (Å²) in [6.07, 6.45) is 0.841. The van der Waals surface area contributed by atoms with E-state index >= 15 is 0 Å². The van der Waals surface area contributed by atoms with Crippen molar-refractivity contribution in [3.05, 3.63) is 33.3 Å². The Labute approximate surface area is 110 Å². The number of halogens is 2. The molecule has 90 valence electrons. The molecule has 1 unspecified atom stereocenters. The van der Waals surface area contributed by atoms with Crippen LogP contribution < -0.4 is 5.32 Å². The average molecular weight is 307 g/mol. The van der Waals surface area contributed by atoms with Crippen molar-refractivity contribution in [2.75, 3.05) is 13.2 Å². The third-order valence-electron chi connectivity index (χ3n) is 2.43. The molecule has 2 nitrogen and oxygen atoms in total. The van der Waals surface area contributed by atoms with E-state index in [2.05, 4.69) is 28.2 Å². The molecule has 0 heterocycles. The zero-order valence-electron chi connectivity index (χ0n) is 9.34. The van der Waals surface area contributed by atoms with Crippen LogP contribution >= 0.6 is 27.5 Å². The largest absolute Gasteiger partial charge is 0.396 e. The second-order valence-electron chi connectivity index (χ2n) is 4.00. The molecule has 1 rings (SSSR count). The molecule has 2 N–H and O–H groups in total. The summed E-state index contributed by atoms with van der Waals surface area (Å²) in [5, 5.41) is 12.9. The van der Waals surface area contributed by atoms with E-state index in [4.69, 9.17) is 16.7 Å². The Morgan fingerprint density at radius 2 is 2.25 bits per heavy atom. The van der Waals surface area contributed by atoms with Gasteiger partial charge in [-0.25, -0.2) is 0 Å². The minimum absolute atomic E-state index is 0.257. The van der Waals surface area contributed by atoms with Crippen LogP contribution in [0.4, 0.5) is 0 Å². The monoisotopic (exact) mass is 305 g/mol. The molecule has 0 bridgehead atoms. The van der Waals surface area contributed by atoms with Gasteiger partial charge in [-0.2, -0.15) is 0 Å². The van der Waals surface area contributed by atoms with Gasteiger partial charge >= 0.3 is 0 Å². The number of hydrogen-bond acceptors (Lipinski definition) is 2. The predicted molar refractivity (Wildman–Crippen MR) is 71.7 cm³/mol. The molecule has 1 atom stereocenters. The molecular weight excluding hydrogens is 289 g/mol. The molecule has 0 aliphatic rings. The van der Waals surface area contributed by atoms with Crippen LogP contribution in [0, 0.1) is 5.92 Å². The molecule has 0 amide bonds. The van der Waals surface area contributed by atoms with E-state index in [1.807, 2.05) is 18.2 Å². The van der Waals surface area contributed by atoms with Gasteiger partial charge in [0.1, 0.15) is 0 Å². The maximum Gasteiger partial charge on any atom is 0.0551 e. The van der Waals surface area contributed by atoms with Gasteiger partial charge in [0.2, 0.25) is 0 Å². The number of aliphatic hydroxyl groups is 1. The highest BCUT2D eigenvalue weighted by Crippen LogP contribution is 2.23. The van der Waals surface area contributed by atoms with Crippen molar-refractivity contribution in [3.8, 4) is 0 Å². The summed E-state index contributed by atoms with van der Waals surface area (Å²) >= 11 is 9.36. The highest BCUT2D eigenvalue weighted by molar-refractivity contribution is 9.10. The second kappa shape index (κ2) is 7.28. The predicted octanol–water partition coefficient (Wildman–Crippen LogP) is 3.21. The lowest BCUT2D eigenvalue weighted by atomic mass is 10.1. The lowest BCUT2D eigenvalue weighted by Gasteiger charge is -2.11. The Balaban J connectivity index is 2.34. The first kappa shape index (κ1) is 14.0. The summed E-state index contributed by atoms with van der Waals surface area (Å²) in [6, 6.07) is 5.95. The molecule has 4 heteroatoms. The average Bonchev–Trinajstić information content (AvgIpc) is 2.24. The molecular formula is C12H17BrClNO. The van der Waals surface area contributed by atoms with E-state index in [1.54, 1.807) is 0 Å². The molecule has 0 saturated heterocycles. The van der Waals surface area contributed by atoms with Crippen LogP contribution in [-0.2, 0) is 6.54 Å². The van der Waals surface area contributed by atoms with E-state index in [0.717, 1.165) is 29.0 Å². The molecule has 0 aliphatic carbocycles. The second-order valence-corrected chi connectivity index (χ2v) is 5.26. The Morgan fingerprint density at radius 1 is 1.50 bits per heavy atom. The third kappa shape index (κ3) is 4.83. The van der Waals surface area contributed by atoms with E-state index in [-0.39, 0.29) is 6.61 Å². The lowest BCUT2D eigenvalue weighted by molar-refractivity contribution is 0.260. The Kier molecular flexibility index (Phi) is 6.36. The number of benzene rings is 1. The van der Waals surface area contributed by atoms with Gasteiger partial charge < -0.3 is 10.4 Å². The van der Waals surface area contributed by atoms with Gasteiger partial charge in [-0.3, -0.25) is 0 Å². The first-order valence-corrected chi connectivity index (χ1v) is 6.56. The molecule has 0 fully saturated rings. The van der Waals surface area contributed by atoms with Crippen molar-refractivity contribution in [2.24, 2.45) is 5.92 Å². The molecule has 1 aromatic rings. The molecule has 0 radical (unpaired) electrons. The van der Waals surface area contributed by atoms with Crippen LogP contribution in [0.25, 0.3) is 0 Å². The van der Waals surface area contributed by atoms with Crippen molar-refractivity contribution in [3.63, 3.8) is 0 Å². The number of rotatable bonds is 6. The standard InChI is InChI=1S/C12H17BrClNO/c1-9(4-5-16)7-15-8-10-2-3-11(13)12(14)6-10/h2-3,6,9,15-16H,4-5,7-8H2,1H3. The van der Waals surface area contributed by atoms with Gasteiger partial charge in [0, 0.05) is 17.6 Å². The molecule has 0 spiro atoms. The molecule has 1 aromatic carbocycles. The topological polar surface area (TPSA) is 32.3 Å². The summed E-state index contributed by atoms with van der Waals surface area (Å²) < 4.78 is 0.923. The summed E-state index contributed by atoms with van der Waals surface area (Å²) in [5.74, 6) is 0.496. The fourth-order valence-corrected chi connectivity index (χ4v) is 1.88. The maximum absolute atomic E-state index is 8.77. The van der Waals surface area contributed by atoms with Gasteiger partial charge in [-0.05, 0) is 52.5 Å². The smallest absolute Gasteiger partial charge is 0.0551 e. The Hall–Kier alpha value is -0.0900. The zero-order chi connectivity index (χ0) is 12.0. The van der Waals surface area contributed by atoms with Gasteiger partial charge in [-0.15, -0.1) is 0 Å². The van der Waals surface area contributed by atoms with Crippen molar-refractivity contribution in [1.82, 2.24) is 5.32 Å². The normalized spacial score (nSPS) is 12.8. The Bertz CT molecular complexity index is 333. The summed E-state index contributed by atoms with van der Waals surface area (Å²) in [6.45, 7) is 4.10. The number of aliphatic hydroxyl groups excluding tert-OH is 1. The van der Waals surface area contributed by atoms with Crippen LogP contribution in [0.5, 0.6) is 0 Å². The fraction of sp³-hybridized carbons (Fsp3) is 0.500.